The van der Waals surface area contributed by atoms with Crippen LogP contribution in [0.25, 0.3) is 0 Å². The van der Waals surface area contributed by atoms with Crippen LogP contribution in [0.1, 0.15) is 5.56 Å². The number of hydrogen-bond donors (Lipinski definition) is 1. The van der Waals surface area contributed by atoms with Crippen LogP contribution in [0.3, 0.4) is 0 Å². The zero-order chi connectivity index (χ0) is 14.7. The van der Waals surface area contributed by atoms with Crippen molar-refractivity contribution in [2.24, 2.45) is 0 Å². The molecule has 0 aliphatic heterocycles. The highest BCUT2D eigenvalue weighted by Crippen LogP contribution is 2.22. The molecule has 0 fully saturated rings. The molecule has 2 rings (SSSR count). The molecular formula is C13H9F3N2O2. The van der Waals surface area contributed by atoms with Gasteiger partial charge in [0.2, 0.25) is 5.82 Å². The summed E-state index contributed by atoms with van der Waals surface area (Å²) >= 11 is 0. The Balaban J connectivity index is 2.14. The maximum Gasteiger partial charge on any atom is 0.306 e. The Kier molecular flexibility index (Phi) is 3.88. The van der Waals surface area contributed by atoms with Crippen LogP contribution in [-0.4, -0.2) is 4.92 Å². The van der Waals surface area contributed by atoms with Gasteiger partial charge in [0.15, 0.2) is 0 Å². The Hall–Kier alpha value is -2.57. The van der Waals surface area contributed by atoms with E-state index in [4.69, 9.17) is 0 Å². The second-order valence-electron chi connectivity index (χ2n) is 4.05. The molecule has 0 aliphatic carbocycles. The van der Waals surface area contributed by atoms with Gasteiger partial charge in [-0.2, -0.15) is 4.39 Å². The van der Waals surface area contributed by atoms with Crippen molar-refractivity contribution < 1.29 is 18.1 Å². The summed E-state index contributed by atoms with van der Waals surface area (Å²) in [5.41, 5.74) is -0.0577. The summed E-state index contributed by atoms with van der Waals surface area (Å²) < 4.78 is 39.1. The van der Waals surface area contributed by atoms with Crippen molar-refractivity contribution in [2.75, 3.05) is 5.32 Å². The van der Waals surface area contributed by atoms with E-state index in [0.717, 1.165) is 30.3 Å². The van der Waals surface area contributed by atoms with Gasteiger partial charge in [-0.15, -0.1) is 0 Å². The summed E-state index contributed by atoms with van der Waals surface area (Å²) in [6.45, 7) is 0.0530. The number of benzene rings is 2. The van der Waals surface area contributed by atoms with Crippen LogP contribution in [-0.2, 0) is 6.54 Å². The van der Waals surface area contributed by atoms with E-state index in [2.05, 4.69) is 5.32 Å². The molecule has 4 nitrogen and oxygen atoms in total. The zero-order valence-corrected chi connectivity index (χ0v) is 10.1. The molecule has 7 heteroatoms. The molecule has 0 aliphatic rings. The third-order valence-corrected chi connectivity index (χ3v) is 2.56. The Bertz CT molecular complexity index is 642. The number of halogens is 3. The summed E-state index contributed by atoms with van der Waals surface area (Å²) in [4.78, 5) is 9.73. The van der Waals surface area contributed by atoms with Crippen molar-refractivity contribution in [3.05, 3.63) is 69.5 Å². The molecule has 0 heterocycles. The van der Waals surface area contributed by atoms with Crippen molar-refractivity contribution >= 4 is 11.4 Å². The number of hydrogen-bond acceptors (Lipinski definition) is 3. The van der Waals surface area contributed by atoms with Crippen LogP contribution < -0.4 is 5.32 Å². The smallest absolute Gasteiger partial charge is 0.306 e. The Labute approximate surface area is 112 Å². The molecule has 0 spiro atoms. The summed E-state index contributed by atoms with van der Waals surface area (Å²) in [5.74, 6) is -2.38. The van der Waals surface area contributed by atoms with E-state index in [1.807, 2.05) is 0 Å². The average Bonchev–Trinajstić information content (AvgIpc) is 2.36. The van der Waals surface area contributed by atoms with Crippen molar-refractivity contribution in [1.82, 2.24) is 0 Å². The lowest BCUT2D eigenvalue weighted by Gasteiger charge is -2.07. The molecule has 0 atom stereocenters. The quantitative estimate of drug-likeness (QED) is 0.688. The Morgan fingerprint density at radius 2 is 1.70 bits per heavy atom. The minimum Gasteiger partial charge on any atom is -0.381 e. The van der Waals surface area contributed by atoms with Crippen molar-refractivity contribution in [1.29, 1.82) is 0 Å². The lowest BCUT2D eigenvalue weighted by atomic mass is 10.2. The second-order valence-corrected chi connectivity index (χ2v) is 4.05. The van der Waals surface area contributed by atoms with Crippen LogP contribution in [0.2, 0.25) is 0 Å². The number of anilines is 1. The first-order valence-corrected chi connectivity index (χ1v) is 5.58. The fourth-order valence-corrected chi connectivity index (χ4v) is 1.68. The maximum absolute atomic E-state index is 13.1. The molecule has 0 bridgehead atoms. The van der Waals surface area contributed by atoms with E-state index in [0.29, 0.717) is 5.56 Å². The van der Waals surface area contributed by atoms with Crippen LogP contribution in [0.5, 0.6) is 0 Å². The van der Waals surface area contributed by atoms with Crippen molar-refractivity contribution in [3.8, 4) is 0 Å². The molecule has 0 aromatic heterocycles. The van der Waals surface area contributed by atoms with Gasteiger partial charge in [-0.1, -0.05) is 0 Å². The molecule has 1 N–H and O–H groups in total. The van der Waals surface area contributed by atoms with Crippen LogP contribution in [0.4, 0.5) is 24.5 Å². The van der Waals surface area contributed by atoms with Gasteiger partial charge in [0.05, 0.1) is 4.92 Å². The molecule has 0 amide bonds. The highest BCUT2D eigenvalue weighted by atomic mass is 19.1. The summed E-state index contributed by atoms with van der Waals surface area (Å²) in [5, 5.41) is 13.3. The Morgan fingerprint density at radius 1 is 1.05 bits per heavy atom. The molecule has 0 saturated carbocycles. The Morgan fingerprint density at radius 3 is 2.30 bits per heavy atom. The molecular weight excluding hydrogens is 273 g/mol. The topological polar surface area (TPSA) is 55.2 Å². The van der Waals surface area contributed by atoms with Crippen molar-refractivity contribution in [2.45, 2.75) is 6.54 Å². The summed E-state index contributed by atoms with van der Waals surface area (Å²) in [6.07, 6.45) is 0. The number of nitro groups is 1. The highest BCUT2D eigenvalue weighted by Gasteiger charge is 2.14. The molecule has 104 valence electrons. The van der Waals surface area contributed by atoms with Gasteiger partial charge in [-0.05, 0) is 29.8 Å². The molecule has 20 heavy (non-hydrogen) atoms. The molecule has 2 aromatic carbocycles. The minimum absolute atomic E-state index is 0.0530. The standard InChI is InChI=1S/C13H9F3N2O2/c14-9-3-8(4-10(15)5-9)7-17-11-1-2-12(16)13(6-11)18(19)20/h1-6,17H,7H2. The highest BCUT2D eigenvalue weighted by molar-refractivity contribution is 5.52. The van der Waals surface area contributed by atoms with E-state index >= 15 is 0 Å². The minimum atomic E-state index is -0.947. The van der Waals surface area contributed by atoms with Gasteiger partial charge in [-0.25, -0.2) is 8.78 Å². The number of nitro benzene ring substituents is 1. The van der Waals surface area contributed by atoms with Crippen molar-refractivity contribution in [3.63, 3.8) is 0 Å². The third kappa shape index (κ3) is 3.25. The maximum atomic E-state index is 13.1. The van der Waals surface area contributed by atoms with Gasteiger partial charge in [0.25, 0.3) is 0 Å². The summed E-state index contributed by atoms with van der Waals surface area (Å²) in [6, 6.07) is 6.28. The molecule has 0 unspecified atom stereocenters. The number of nitrogens with zero attached hydrogens (tertiary/aromatic N) is 1. The number of rotatable bonds is 4. The predicted octanol–water partition coefficient (Wildman–Crippen LogP) is 3.62. The first-order chi connectivity index (χ1) is 9.45. The van der Waals surface area contributed by atoms with Crippen LogP contribution in [0, 0.1) is 27.6 Å². The normalized spacial score (nSPS) is 10.3. The average molecular weight is 282 g/mol. The fourth-order valence-electron chi connectivity index (χ4n) is 1.68. The predicted molar refractivity (Wildman–Crippen MR) is 66.7 cm³/mol. The van der Waals surface area contributed by atoms with E-state index < -0.39 is 28.1 Å². The lowest BCUT2D eigenvalue weighted by Crippen LogP contribution is -2.02. The molecule has 0 saturated heterocycles. The van der Waals surface area contributed by atoms with Crippen LogP contribution >= 0.6 is 0 Å². The van der Waals surface area contributed by atoms with Gasteiger partial charge < -0.3 is 5.32 Å². The fraction of sp³-hybridized carbons (Fsp3) is 0.0769. The van der Waals surface area contributed by atoms with Crippen LogP contribution in [0.15, 0.2) is 36.4 Å². The number of nitrogens with one attached hydrogen (secondary N) is 1. The van der Waals surface area contributed by atoms with E-state index in [-0.39, 0.29) is 12.2 Å². The van der Waals surface area contributed by atoms with Gasteiger partial charge in [0.1, 0.15) is 11.6 Å². The second kappa shape index (κ2) is 5.60. The zero-order valence-electron chi connectivity index (χ0n) is 10.1. The monoisotopic (exact) mass is 282 g/mol. The van der Waals surface area contributed by atoms with Gasteiger partial charge in [-0.3, -0.25) is 10.1 Å². The van der Waals surface area contributed by atoms with Gasteiger partial charge in [0, 0.05) is 24.4 Å². The SMILES string of the molecule is O=[N+]([O-])c1cc(NCc2cc(F)cc(F)c2)ccc1F. The molecule has 0 radical (unpaired) electrons. The van der Waals surface area contributed by atoms with E-state index in [9.17, 15) is 23.3 Å². The first kappa shape index (κ1) is 13.9. The largest absolute Gasteiger partial charge is 0.381 e. The molecule has 2 aromatic rings. The third-order valence-electron chi connectivity index (χ3n) is 2.56. The summed E-state index contributed by atoms with van der Waals surface area (Å²) in [7, 11) is 0. The van der Waals surface area contributed by atoms with E-state index in [1.165, 1.54) is 6.07 Å². The van der Waals surface area contributed by atoms with Gasteiger partial charge >= 0.3 is 5.69 Å². The van der Waals surface area contributed by atoms with E-state index in [1.54, 1.807) is 0 Å². The lowest BCUT2D eigenvalue weighted by molar-refractivity contribution is -0.387. The first-order valence-electron chi connectivity index (χ1n) is 5.58.